The molecular weight excluding hydrogens is 464 g/mol. The van der Waals surface area contributed by atoms with Crippen molar-refractivity contribution in [2.24, 2.45) is 0 Å². The van der Waals surface area contributed by atoms with Gasteiger partial charge in [0.2, 0.25) is 23.2 Å². The molecule has 1 aliphatic rings. The molecule has 8 heteroatoms. The van der Waals surface area contributed by atoms with E-state index < -0.39 is 6.23 Å². The second-order valence-electron chi connectivity index (χ2n) is 6.70. The van der Waals surface area contributed by atoms with Crippen LogP contribution in [0.1, 0.15) is 38.5 Å². The Kier molecular flexibility index (Phi) is 6.34. The van der Waals surface area contributed by atoms with Gasteiger partial charge in [-0.3, -0.25) is 9.69 Å². The summed E-state index contributed by atoms with van der Waals surface area (Å²) in [6.45, 7) is 4.02. The SMILES string of the molecule is CCCC(=O)N1c2ccccc2-c2nnc(SCC)nc2OC1c1ccccc1Br. The number of hydrogen-bond donors (Lipinski definition) is 0. The fraction of sp³-hybridized carbons (Fsp3) is 0.273. The van der Waals surface area contributed by atoms with Crippen molar-refractivity contribution in [2.75, 3.05) is 10.7 Å². The molecule has 1 atom stereocenters. The third-order valence-electron chi connectivity index (χ3n) is 4.69. The first-order valence-corrected chi connectivity index (χ1v) is 11.6. The van der Waals surface area contributed by atoms with Crippen molar-refractivity contribution in [3.8, 4) is 17.1 Å². The first-order chi connectivity index (χ1) is 14.6. The highest BCUT2D eigenvalue weighted by Crippen LogP contribution is 2.44. The van der Waals surface area contributed by atoms with Crippen LogP contribution in [0.2, 0.25) is 0 Å². The van der Waals surface area contributed by atoms with E-state index in [4.69, 9.17) is 4.74 Å². The van der Waals surface area contributed by atoms with Gasteiger partial charge in [-0.05, 0) is 24.3 Å². The Bertz CT molecular complexity index is 1080. The Hall–Kier alpha value is -2.45. The van der Waals surface area contributed by atoms with Crippen LogP contribution in [0.3, 0.4) is 0 Å². The fourth-order valence-electron chi connectivity index (χ4n) is 3.39. The van der Waals surface area contributed by atoms with Crippen molar-refractivity contribution in [2.45, 2.75) is 38.1 Å². The third kappa shape index (κ3) is 3.94. The number of anilines is 1. The first kappa shape index (κ1) is 20.8. The summed E-state index contributed by atoms with van der Waals surface area (Å²) in [5, 5.41) is 9.22. The van der Waals surface area contributed by atoms with Crippen LogP contribution >= 0.6 is 27.7 Å². The summed E-state index contributed by atoms with van der Waals surface area (Å²) in [5.74, 6) is 1.18. The van der Waals surface area contributed by atoms with Crippen molar-refractivity contribution in [1.82, 2.24) is 15.2 Å². The molecule has 0 fully saturated rings. The number of carbonyl (C=O) groups is 1. The van der Waals surface area contributed by atoms with Gasteiger partial charge < -0.3 is 4.74 Å². The van der Waals surface area contributed by atoms with Gasteiger partial charge in [0.25, 0.3) is 0 Å². The Labute approximate surface area is 188 Å². The van der Waals surface area contributed by atoms with Crippen LogP contribution in [0.25, 0.3) is 11.3 Å². The number of nitrogens with zero attached hydrogens (tertiary/aromatic N) is 4. The monoisotopic (exact) mass is 484 g/mol. The number of rotatable bonds is 5. The lowest BCUT2D eigenvalue weighted by atomic mass is 10.1. The maximum Gasteiger partial charge on any atom is 0.247 e. The van der Waals surface area contributed by atoms with Gasteiger partial charge in [-0.2, -0.15) is 4.98 Å². The molecule has 1 amide bonds. The van der Waals surface area contributed by atoms with Crippen LogP contribution in [-0.2, 0) is 4.79 Å². The number of benzene rings is 2. The van der Waals surface area contributed by atoms with E-state index in [1.54, 1.807) is 4.90 Å². The number of para-hydroxylation sites is 1. The van der Waals surface area contributed by atoms with E-state index in [-0.39, 0.29) is 5.91 Å². The summed E-state index contributed by atoms with van der Waals surface area (Å²) in [7, 11) is 0. The zero-order chi connectivity index (χ0) is 21.1. The summed E-state index contributed by atoms with van der Waals surface area (Å²) >= 11 is 5.12. The molecule has 0 radical (unpaired) electrons. The minimum absolute atomic E-state index is 0.0189. The molecule has 6 nitrogen and oxygen atoms in total. The molecule has 0 bridgehead atoms. The fourth-order valence-corrected chi connectivity index (χ4v) is 4.37. The maximum atomic E-state index is 13.3. The molecule has 2 aromatic carbocycles. The van der Waals surface area contributed by atoms with E-state index in [9.17, 15) is 4.79 Å². The standard InChI is InChI=1S/C22H21BrN4O2S/c1-3-9-18(28)27-17-13-8-6-11-15(17)19-20(24-22(26-25-19)30-4-2)29-21(27)14-10-5-7-12-16(14)23/h5-8,10-13,21H,3-4,9H2,1-2H3. The number of halogens is 1. The number of aromatic nitrogens is 3. The van der Waals surface area contributed by atoms with E-state index in [1.165, 1.54) is 11.8 Å². The average molecular weight is 485 g/mol. The molecule has 0 aliphatic carbocycles. The molecule has 2 heterocycles. The van der Waals surface area contributed by atoms with Crippen molar-refractivity contribution in [3.63, 3.8) is 0 Å². The smallest absolute Gasteiger partial charge is 0.247 e. The molecular formula is C22H21BrN4O2S. The minimum atomic E-state index is -0.682. The highest BCUT2D eigenvalue weighted by molar-refractivity contribution is 9.10. The average Bonchev–Trinajstić information content (AvgIpc) is 2.89. The van der Waals surface area contributed by atoms with E-state index in [1.807, 2.05) is 62.4 Å². The normalized spacial score (nSPS) is 15.0. The van der Waals surface area contributed by atoms with Crippen molar-refractivity contribution in [1.29, 1.82) is 0 Å². The van der Waals surface area contributed by atoms with Crippen LogP contribution in [0.15, 0.2) is 58.2 Å². The Morgan fingerprint density at radius 3 is 2.67 bits per heavy atom. The number of fused-ring (bicyclic) bond motifs is 3. The third-order valence-corrected chi connectivity index (χ3v) is 6.13. The van der Waals surface area contributed by atoms with E-state index >= 15 is 0 Å². The number of hydrogen-bond acceptors (Lipinski definition) is 6. The summed E-state index contributed by atoms with van der Waals surface area (Å²) in [6, 6.07) is 15.4. The predicted molar refractivity (Wildman–Crippen MR) is 122 cm³/mol. The second kappa shape index (κ2) is 9.14. The Morgan fingerprint density at radius 2 is 1.90 bits per heavy atom. The van der Waals surface area contributed by atoms with Gasteiger partial charge in [0.15, 0.2) is 5.69 Å². The van der Waals surface area contributed by atoms with E-state index in [0.29, 0.717) is 23.2 Å². The van der Waals surface area contributed by atoms with Crippen LogP contribution in [0, 0.1) is 0 Å². The van der Waals surface area contributed by atoms with Crippen LogP contribution in [-0.4, -0.2) is 26.8 Å². The van der Waals surface area contributed by atoms with Crippen LogP contribution in [0.5, 0.6) is 5.88 Å². The molecule has 0 saturated carbocycles. The predicted octanol–water partition coefficient (Wildman–Crippen LogP) is 5.64. The van der Waals surface area contributed by atoms with Gasteiger partial charge >= 0.3 is 0 Å². The van der Waals surface area contributed by atoms with Crippen molar-refractivity contribution < 1.29 is 9.53 Å². The molecule has 1 aliphatic heterocycles. The zero-order valence-electron chi connectivity index (χ0n) is 16.7. The Morgan fingerprint density at radius 1 is 1.13 bits per heavy atom. The quantitative estimate of drug-likeness (QED) is 0.436. The molecule has 154 valence electrons. The van der Waals surface area contributed by atoms with E-state index in [2.05, 4.69) is 31.1 Å². The molecule has 4 rings (SSSR count). The molecule has 30 heavy (non-hydrogen) atoms. The van der Waals surface area contributed by atoms with Gasteiger partial charge in [-0.25, -0.2) is 0 Å². The molecule has 1 aromatic heterocycles. The number of ether oxygens (including phenoxy) is 1. The number of amides is 1. The highest BCUT2D eigenvalue weighted by atomic mass is 79.9. The summed E-state index contributed by atoms with van der Waals surface area (Å²) in [4.78, 5) is 19.6. The lowest BCUT2D eigenvalue weighted by molar-refractivity contribution is -0.120. The summed E-state index contributed by atoms with van der Waals surface area (Å²) in [6.07, 6.45) is 0.464. The molecule has 3 aromatic rings. The van der Waals surface area contributed by atoms with Gasteiger partial charge in [-0.15, -0.1) is 10.2 Å². The summed E-state index contributed by atoms with van der Waals surface area (Å²) in [5.41, 5.74) is 2.89. The lowest BCUT2D eigenvalue weighted by Crippen LogP contribution is -2.37. The largest absolute Gasteiger partial charge is 0.447 e. The summed E-state index contributed by atoms with van der Waals surface area (Å²) < 4.78 is 7.28. The number of thioether (sulfide) groups is 1. The molecule has 0 spiro atoms. The Balaban J connectivity index is 1.95. The number of carbonyl (C=O) groups excluding carboxylic acids is 1. The zero-order valence-corrected chi connectivity index (χ0v) is 19.1. The van der Waals surface area contributed by atoms with Crippen molar-refractivity contribution >= 4 is 39.3 Å². The van der Waals surface area contributed by atoms with Gasteiger partial charge in [0.1, 0.15) is 0 Å². The molecule has 0 saturated heterocycles. The molecule has 1 unspecified atom stereocenters. The van der Waals surface area contributed by atoms with Gasteiger partial charge in [-0.1, -0.05) is 77.9 Å². The van der Waals surface area contributed by atoms with E-state index in [0.717, 1.165) is 33.5 Å². The van der Waals surface area contributed by atoms with Gasteiger partial charge in [0.05, 0.1) is 5.69 Å². The van der Waals surface area contributed by atoms with Crippen molar-refractivity contribution in [3.05, 3.63) is 58.6 Å². The molecule has 0 N–H and O–H groups in total. The topological polar surface area (TPSA) is 68.2 Å². The van der Waals surface area contributed by atoms with Gasteiger partial charge in [0, 0.05) is 22.0 Å². The maximum absolute atomic E-state index is 13.3. The van der Waals surface area contributed by atoms with Crippen LogP contribution < -0.4 is 9.64 Å². The first-order valence-electron chi connectivity index (χ1n) is 9.84. The van der Waals surface area contributed by atoms with Crippen LogP contribution in [0.4, 0.5) is 5.69 Å². The highest BCUT2D eigenvalue weighted by Gasteiger charge is 2.36. The second-order valence-corrected chi connectivity index (χ2v) is 8.79. The lowest BCUT2D eigenvalue weighted by Gasteiger charge is -2.31. The minimum Gasteiger partial charge on any atom is -0.447 e.